The Bertz CT molecular complexity index is 513. The molecule has 3 rings (SSSR count). The van der Waals surface area contributed by atoms with E-state index < -0.39 is 23.7 Å². The van der Waals surface area contributed by atoms with Crippen molar-refractivity contribution in [2.24, 2.45) is 23.7 Å². The van der Waals surface area contributed by atoms with Gasteiger partial charge in [-0.05, 0) is 38.0 Å². The second kappa shape index (κ2) is 6.55. The van der Waals surface area contributed by atoms with E-state index in [1.54, 1.807) is 0 Å². The zero-order chi connectivity index (χ0) is 16.6. The Morgan fingerprint density at radius 1 is 1.26 bits per heavy atom. The van der Waals surface area contributed by atoms with Crippen LogP contribution in [0.2, 0.25) is 0 Å². The van der Waals surface area contributed by atoms with Gasteiger partial charge in [-0.15, -0.1) is 0 Å². The molecule has 3 saturated carbocycles. The van der Waals surface area contributed by atoms with Crippen LogP contribution in [0.5, 0.6) is 0 Å². The Morgan fingerprint density at radius 2 is 1.96 bits per heavy atom. The third kappa shape index (κ3) is 2.84. The van der Waals surface area contributed by atoms with Crippen molar-refractivity contribution in [2.45, 2.75) is 76.1 Å². The van der Waals surface area contributed by atoms with Crippen LogP contribution in [0, 0.1) is 35.5 Å². The topological polar surface area (TPSA) is 77.8 Å². The van der Waals surface area contributed by atoms with Crippen LogP contribution < -0.4 is 0 Å². The fraction of sp³-hybridized carbons (Fsp3) is 0.842. The number of Topliss-reactive ketones (excluding diaryl/α,β-unsaturated/α-hetero) is 1. The third-order valence-electron chi connectivity index (χ3n) is 6.31. The van der Waals surface area contributed by atoms with Crippen molar-refractivity contribution in [2.75, 3.05) is 0 Å². The average molecular weight is 320 g/mol. The first-order valence-electron chi connectivity index (χ1n) is 9.13. The van der Waals surface area contributed by atoms with Gasteiger partial charge in [-0.1, -0.05) is 38.0 Å². The summed E-state index contributed by atoms with van der Waals surface area (Å²) in [5, 5.41) is 31.2. The normalized spacial score (nSPS) is 42.2. The van der Waals surface area contributed by atoms with Crippen molar-refractivity contribution in [3.8, 4) is 11.8 Å². The molecule has 1 unspecified atom stereocenters. The van der Waals surface area contributed by atoms with Gasteiger partial charge in [0.2, 0.25) is 0 Å². The molecule has 0 aliphatic heterocycles. The van der Waals surface area contributed by atoms with E-state index in [9.17, 15) is 20.1 Å². The Kier molecular flexibility index (Phi) is 4.83. The van der Waals surface area contributed by atoms with E-state index in [-0.39, 0.29) is 23.5 Å². The maximum atomic E-state index is 12.2. The van der Waals surface area contributed by atoms with Gasteiger partial charge in [-0.25, -0.2) is 0 Å². The average Bonchev–Trinajstić information content (AvgIpc) is 2.58. The fourth-order valence-electron chi connectivity index (χ4n) is 4.88. The molecule has 4 nitrogen and oxygen atoms in total. The van der Waals surface area contributed by atoms with Gasteiger partial charge in [0.1, 0.15) is 11.7 Å². The third-order valence-corrected chi connectivity index (χ3v) is 6.31. The van der Waals surface area contributed by atoms with E-state index in [2.05, 4.69) is 11.8 Å². The zero-order valence-corrected chi connectivity index (χ0v) is 13.9. The van der Waals surface area contributed by atoms with E-state index in [0.717, 1.165) is 25.7 Å². The first-order chi connectivity index (χ1) is 11.0. The number of hydrogen-bond acceptors (Lipinski definition) is 4. The molecule has 0 bridgehead atoms. The summed E-state index contributed by atoms with van der Waals surface area (Å²) in [6, 6.07) is 0. The minimum Gasteiger partial charge on any atom is -0.392 e. The van der Waals surface area contributed by atoms with Crippen LogP contribution in [0.25, 0.3) is 0 Å². The molecule has 3 fully saturated rings. The predicted octanol–water partition coefficient (Wildman–Crippen LogP) is 1.66. The van der Waals surface area contributed by atoms with Crippen molar-refractivity contribution in [3.05, 3.63) is 0 Å². The Morgan fingerprint density at radius 3 is 2.61 bits per heavy atom. The number of aliphatic hydroxyl groups is 3. The molecular weight excluding hydrogens is 292 g/mol. The lowest BCUT2D eigenvalue weighted by atomic mass is 9.49. The molecule has 0 aromatic carbocycles. The molecule has 0 heterocycles. The van der Waals surface area contributed by atoms with Gasteiger partial charge < -0.3 is 15.3 Å². The molecule has 0 radical (unpaired) electrons. The van der Waals surface area contributed by atoms with Crippen molar-refractivity contribution >= 4 is 5.78 Å². The Labute approximate surface area is 138 Å². The molecule has 4 heteroatoms. The summed E-state index contributed by atoms with van der Waals surface area (Å²) in [6.07, 6.45) is 5.65. The van der Waals surface area contributed by atoms with Crippen LogP contribution in [0.1, 0.15) is 58.3 Å². The SMILES string of the molecule is CCC1C(=O)[C@@]2(O)CC[C@@H](O)[C@H](C#C[C@@H](O)C3CCCCC3)[C@@H]12. The fourth-order valence-corrected chi connectivity index (χ4v) is 4.88. The van der Waals surface area contributed by atoms with Gasteiger partial charge >= 0.3 is 0 Å². The number of ketones is 1. The second-order valence-electron chi connectivity index (χ2n) is 7.59. The summed E-state index contributed by atoms with van der Waals surface area (Å²) in [5.41, 5.74) is -1.30. The lowest BCUT2D eigenvalue weighted by Gasteiger charge is -2.56. The molecular formula is C19H28O4. The van der Waals surface area contributed by atoms with Crippen LogP contribution in [0.4, 0.5) is 0 Å². The molecule has 0 aromatic rings. The highest BCUT2D eigenvalue weighted by Crippen LogP contribution is 2.53. The largest absolute Gasteiger partial charge is 0.392 e. The summed E-state index contributed by atoms with van der Waals surface area (Å²) >= 11 is 0. The second-order valence-corrected chi connectivity index (χ2v) is 7.59. The molecule has 6 atom stereocenters. The van der Waals surface area contributed by atoms with Gasteiger partial charge in [0.25, 0.3) is 0 Å². The maximum Gasteiger partial charge on any atom is 0.168 e. The summed E-state index contributed by atoms with van der Waals surface area (Å²) in [7, 11) is 0. The summed E-state index contributed by atoms with van der Waals surface area (Å²) in [6.45, 7) is 1.94. The summed E-state index contributed by atoms with van der Waals surface area (Å²) in [5.74, 6) is 5.22. The molecule has 3 aliphatic carbocycles. The minimum absolute atomic E-state index is 0.0865. The smallest absolute Gasteiger partial charge is 0.168 e. The van der Waals surface area contributed by atoms with Gasteiger partial charge in [0, 0.05) is 11.8 Å². The standard InChI is InChI=1S/C19H28O4/c1-2-13-17-14(16(21)10-11-19(17,23)18(13)22)8-9-15(20)12-6-4-3-5-7-12/h12-17,20-21,23H,2-7,10-11H2,1H3/t13?,14-,15+,16+,17+,19+/m0/s1. The van der Waals surface area contributed by atoms with E-state index >= 15 is 0 Å². The number of carbonyl (C=O) groups is 1. The minimum atomic E-state index is -1.30. The Balaban J connectivity index is 1.75. The first-order valence-corrected chi connectivity index (χ1v) is 9.13. The molecule has 3 N–H and O–H groups in total. The van der Waals surface area contributed by atoms with E-state index in [0.29, 0.717) is 19.3 Å². The van der Waals surface area contributed by atoms with Gasteiger partial charge in [0.15, 0.2) is 5.78 Å². The molecule has 128 valence electrons. The van der Waals surface area contributed by atoms with Crippen molar-refractivity contribution in [1.82, 2.24) is 0 Å². The molecule has 3 aliphatic rings. The first kappa shape index (κ1) is 17.0. The van der Waals surface area contributed by atoms with E-state index in [1.807, 2.05) is 6.92 Å². The lowest BCUT2D eigenvalue weighted by Crippen LogP contribution is -2.69. The number of rotatable bonds is 2. The highest BCUT2D eigenvalue weighted by molar-refractivity contribution is 5.96. The number of aliphatic hydroxyl groups excluding tert-OH is 2. The van der Waals surface area contributed by atoms with Crippen molar-refractivity contribution in [1.29, 1.82) is 0 Å². The maximum absolute atomic E-state index is 12.2. The van der Waals surface area contributed by atoms with E-state index in [1.165, 1.54) is 6.42 Å². The van der Waals surface area contributed by atoms with Gasteiger partial charge in [-0.2, -0.15) is 0 Å². The van der Waals surface area contributed by atoms with Crippen molar-refractivity contribution in [3.63, 3.8) is 0 Å². The summed E-state index contributed by atoms with van der Waals surface area (Å²) in [4.78, 5) is 12.2. The molecule has 0 spiro atoms. The number of hydrogen-bond donors (Lipinski definition) is 3. The molecule has 0 amide bonds. The van der Waals surface area contributed by atoms with Crippen LogP contribution in [-0.2, 0) is 4.79 Å². The zero-order valence-electron chi connectivity index (χ0n) is 13.9. The van der Waals surface area contributed by atoms with E-state index in [4.69, 9.17) is 0 Å². The van der Waals surface area contributed by atoms with Crippen LogP contribution in [0.15, 0.2) is 0 Å². The Hall–Kier alpha value is -0.890. The van der Waals surface area contributed by atoms with Crippen LogP contribution >= 0.6 is 0 Å². The number of carbonyl (C=O) groups excluding carboxylic acids is 1. The quantitative estimate of drug-likeness (QED) is 0.676. The molecule has 23 heavy (non-hydrogen) atoms. The molecule has 0 saturated heterocycles. The predicted molar refractivity (Wildman–Crippen MR) is 86.3 cm³/mol. The van der Waals surface area contributed by atoms with Gasteiger partial charge in [0.05, 0.1) is 12.0 Å². The van der Waals surface area contributed by atoms with Gasteiger partial charge in [-0.3, -0.25) is 4.79 Å². The number of fused-ring (bicyclic) bond motifs is 1. The molecule has 0 aromatic heterocycles. The lowest BCUT2D eigenvalue weighted by molar-refractivity contribution is -0.199. The van der Waals surface area contributed by atoms with Crippen LogP contribution in [0.3, 0.4) is 0 Å². The van der Waals surface area contributed by atoms with Crippen molar-refractivity contribution < 1.29 is 20.1 Å². The highest BCUT2D eigenvalue weighted by Gasteiger charge is 2.65. The van der Waals surface area contributed by atoms with Crippen LogP contribution in [-0.4, -0.2) is 38.9 Å². The monoisotopic (exact) mass is 320 g/mol. The highest BCUT2D eigenvalue weighted by atomic mass is 16.3. The summed E-state index contributed by atoms with van der Waals surface area (Å²) < 4.78 is 0.